The zero-order valence-electron chi connectivity index (χ0n) is 15.8. The van der Waals surface area contributed by atoms with Crippen molar-refractivity contribution >= 4 is 39.2 Å². The number of thiophene rings is 1. The summed E-state index contributed by atoms with van der Waals surface area (Å²) in [5.74, 6) is 1.12. The van der Waals surface area contributed by atoms with Crippen LogP contribution >= 0.6 is 11.3 Å². The monoisotopic (exact) mass is 376 g/mol. The second-order valence-electron chi connectivity index (χ2n) is 6.64. The summed E-state index contributed by atoms with van der Waals surface area (Å²) in [6.07, 6.45) is 1.73. The summed E-state index contributed by atoms with van der Waals surface area (Å²) in [6.45, 7) is 6.61. The molecule has 0 radical (unpaired) electrons. The molecule has 26 heavy (non-hydrogen) atoms. The van der Waals surface area contributed by atoms with E-state index in [-0.39, 0.29) is 17.9 Å². The van der Waals surface area contributed by atoms with Gasteiger partial charge < -0.3 is 14.5 Å². The standard InChI is InChI=1S/C18H24N4O3S/c1-6-25-18(24)14-10(2)13-15(19-11(3)20-16(13)26-14)22-9-7-8-12(22)17(23)21(4)5/h12H,6-9H2,1-5H3. The maximum atomic E-state index is 12.6. The average molecular weight is 376 g/mol. The second kappa shape index (κ2) is 7.19. The predicted octanol–water partition coefficient (Wildman–Crippen LogP) is 2.54. The molecule has 1 atom stereocenters. The van der Waals surface area contributed by atoms with Gasteiger partial charge in [-0.25, -0.2) is 14.8 Å². The smallest absolute Gasteiger partial charge is 0.348 e. The molecule has 2 aromatic rings. The van der Waals surface area contributed by atoms with E-state index < -0.39 is 0 Å². The summed E-state index contributed by atoms with van der Waals surface area (Å²) in [5, 5.41) is 0.849. The van der Waals surface area contributed by atoms with Gasteiger partial charge in [0.1, 0.15) is 27.4 Å². The minimum Gasteiger partial charge on any atom is -0.462 e. The van der Waals surface area contributed by atoms with Gasteiger partial charge in [-0.05, 0) is 39.2 Å². The third kappa shape index (κ3) is 3.13. The molecule has 8 heteroatoms. The Morgan fingerprint density at radius 2 is 2.04 bits per heavy atom. The van der Waals surface area contributed by atoms with Crippen molar-refractivity contribution in [2.75, 3.05) is 32.1 Å². The number of fused-ring (bicyclic) bond motifs is 1. The lowest BCUT2D eigenvalue weighted by Crippen LogP contribution is -2.43. The molecular weight excluding hydrogens is 352 g/mol. The van der Waals surface area contributed by atoms with Crippen LogP contribution in [0, 0.1) is 13.8 Å². The lowest BCUT2D eigenvalue weighted by Gasteiger charge is -2.28. The van der Waals surface area contributed by atoms with Gasteiger partial charge in [-0.3, -0.25) is 4.79 Å². The number of hydrogen-bond acceptors (Lipinski definition) is 7. The summed E-state index contributed by atoms with van der Waals surface area (Å²) in [5.41, 5.74) is 0.821. The fourth-order valence-corrected chi connectivity index (χ4v) is 4.51. The number of likely N-dealkylation sites (N-methyl/N-ethyl adjacent to an activating group) is 1. The summed E-state index contributed by atoms with van der Waals surface area (Å²) in [4.78, 5) is 39.1. The number of hydrogen-bond donors (Lipinski definition) is 0. The van der Waals surface area contributed by atoms with Crippen LogP contribution in [0.1, 0.15) is 40.8 Å². The number of rotatable bonds is 4. The maximum absolute atomic E-state index is 12.6. The summed E-state index contributed by atoms with van der Waals surface area (Å²) < 4.78 is 5.17. The van der Waals surface area contributed by atoms with Gasteiger partial charge in [0.15, 0.2) is 0 Å². The zero-order valence-corrected chi connectivity index (χ0v) is 16.6. The Morgan fingerprint density at radius 1 is 1.31 bits per heavy atom. The first-order chi connectivity index (χ1) is 12.3. The molecule has 1 saturated heterocycles. The lowest BCUT2D eigenvalue weighted by molar-refractivity contribution is -0.129. The molecule has 1 unspecified atom stereocenters. The third-order valence-electron chi connectivity index (χ3n) is 4.59. The van der Waals surface area contributed by atoms with Crippen LogP contribution in [-0.2, 0) is 9.53 Å². The summed E-state index contributed by atoms with van der Waals surface area (Å²) >= 11 is 1.33. The molecule has 0 bridgehead atoms. The number of amides is 1. The van der Waals surface area contributed by atoms with E-state index in [1.807, 2.05) is 13.8 Å². The highest BCUT2D eigenvalue weighted by Gasteiger charge is 2.35. The Bertz CT molecular complexity index is 862. The molecule has 7 nitrogen and oxygen atoms in total. The highest BCUT2D eigenvalue weighted by atomic mass is 32.1. The molecule has 1 amide bonds. The van der Waals surface area contributed by atoms with Crippen molar-refractivity contribution in [3.05, 3.63) is 16.3 Å². The third-order valence-corrected chi connectivity index (χ3v) is 5.76. The first-order valence-corrected chi connectivity index (χ1v) is 9.59. The van der Waals surface area contributed by atoms with Crippen molar-refractivity contribution in [2.24, 2.45) is 0 Å². The van der Waals surface area contributed by atoms with Gasteiger partial charge in [0.05, 0.1) is 12.0 Å². The summed E-state index contributed by atoms with van der Waals surface area (Å²) in [6, 6.07) is -0.229. The van der Waals surface area contributed by atoms with Crippen molar-refractivity contribution in [3.8, 4) is 0 Å². The molecule has 3 heterocycles. The van der Waals surface area contributed by atoms with Gasteiger partial charge in [-0.1, -0.05) is 0 Å². The number of carbonyl (C=O) groups excluding carboxylic acids is 2. The Kier molecular flexibility index (Phi) is 5.13. The quantitative estimate of drug-likeness (QED) is 0.764. The predicted molar refractivity (Wildman–Crippen MR) is 102 cm³/mol. The molecule has 1 fully saturated rings. The number of esters is 1. The maximum Gasteiger partial charge on any atom is 0.348 e. The van der Waals surface area contributed by atoms with Gasteiger partial charge in [-0.15, -0.1) is 11.3 Å². The number of ether oxygens (including phenoxy) is 1. The van der Waals surface area contributed by atoms with Crippen molar-refractivity contribution < 1.29 is 14.3 Å². The molecular formula is C18H24N4O3S. The number of aromatic nitrogens is 2. The van der Waals surface area contributed by atoms with Crippen LogP contribution in [0.2, 0.25) is 0 Å². The van der Waals surface area contributed by atoms with Crippen molar-refractivity contribution in [2.45, 2.75) is 39.7 Å². The summed E-state index contributed by atoms with van der Waals surface area (Å²) in [7, 11) is 3.54. The van der Waals surface area contributed by atoms with E-state index >= 15 is 0 Å². The number of anilines is 1. The van der Waals surface area contributed by atoms with E-state index in [1.165, 1.54) is 11.3 Å². The molecule has 0 N–H and O–H groups in total. The van der Waals surface area contributed by atoms with E-state index in [9.17, 15) is 9.59 Å². The van der Waals surface area contributed by atoms with Crippen LogP contribution in [0.3, 0.4) is 0 Å². The topological polar surface area (TPSA) is 75.6 Å². The van der Waals surface area contributed by atoms with Crippen molar-refractivity contribution in [1.29, 1.82) is 0 Å². The molecule has 0 aliphatic carbocycles. The van der Waals surface area contributed by atoms with Crippen LogP contribution in [0.25, 0.3) is 10.2 Å². The van der Waals surface area contributed by atoms with E-state index in [1.54, 1.807) is 25.9 Å². The van der Waals surface area contributed by atoms with Gasteiger partial charge in [-0.2, -0.15) is 0 Å². The number of carbonyl (C=O) groups is 2. The van der Waals surface area contributed by atoms with Gasteiger partial charge in [0.2, 0.25) is 5.91 Å². The van der Waals surface area contributed by atoms with E-state index in [0.29, 0.717) is 17.3 Å². The van der Waals surface area contributed by atoms with E-state index in [2.05, 4.69) is 14.9 Å². The average Bonchev–Trinajstić information content (AvgIpc) is 3.18. The molecule has 2 aromatic heterocycles. The largest absolute Gasteiger partial charge is 0.462 e. The molecule has 0 spiro atoms. The van der Waals surface area contributed by atoms with Gasteiger partial charge in [0.25, 0.3) is 0 Å². The van der Waals surface area contributed by atoms with E-state index in [0.717, 1.165) is 41.0 Å². The fraction of sp³-hybridized carbons (Fsp3) is 0.556. The number of nitrogens with zero attached hydrogens (tertiary/aromatic N) is 4. The minimum atomic E-state index is -0.334. The Hall–Kier alpha value is -2.22. The highest BCUT2D eigenvalue weighted by Crippen LogP contribution is 2.38. The first kappa shape index (κ1) is 18.6. The fourth-order valence-electron chi connectivity index (χ4n) is 3.40. The Balaban J connectivity index is 2.13. The van der Waals surface area contributed by atoms with Gasteiger partial charge in [0, 0.05) is 20.6 Å². The van der Waals surface area contributed by atoms with Crippen molar-refractivity contribution in [1.82, 2.24) is 14.9 Å². The number of aryl methyl sites for hydroxylation is 2. The van der Waals surface area contributed by atoms with Crippen LogP contribution in [0.15, 0.2) is 0 Å². The zero-order chi connectivity index (χ0) is 19.0. The minimum absolute atomic E-state index is 0.0745. The van der Waals surface area contributed by atoms with Crippen LogP contribution in [0.4, 0.5) is 5.82 Å². The highest BCUT2D eigenvalue weighted by molar-refractivity contribution is 7.20. The molecule has 0 aromatic carbocycles. The molecule has 140 valence electrons. The van der Waals surface area contributed by atoms with Gasteiger partial charge >= 0.3 is 5.97 Å². The van der Waals surface area contributed by atoms with Crippen LogP contribution < -0.4 is 4.90 Å². The molecule has 0 saturated carbocycles. The van der Waals surface area contributed by atoms with Crippen molar-refractivity contribution in [3.63, 3.8) is 0 Å². The van der Waals surface area contributed by atoms with E-state index in [4.69, 9.17) is 4.74 Å². The van der Waals surface area contributed by atoms with Crippen LogP contribution in [0.5, 0.6) is 0 Å². The second-order valence-corrected chi connectivity index (χ2v) is 7.63. The normalized spacial score (nSPS) is 17.0. The molecule has 1 aliphatic rings. The molecule has 3 rings (SSSR count). The first-order valence-electron chi connectivity index (χ1n) is 8.77. The van der Waals surface area contributed by atoms with Crippen LogP contribution in [-0.4, -0.2) is 60.0 Å². The SMILES string of the molecule is CCOC(=O)c1sc2nc(C)nc(N3CCCC3C(=O)N(C)C)c2c1C. The lowest BCUT2D eigenvalue weighted by atomic mass is 10.1. The Morgan fingerprint density at radius 3 is 2.69 bits per heavy atom. The Labute approximate surface area is 157 Å². The molecule has 1 aliphatic heterocycles.